The molecule has 0 bridgehead atoms. The molecule has 1 amide bonds. The number of hydrogen-bond acceptors (Lipinski definition) is 7. The van der Waals surface area contributed by atoms with Gasteiger partial charge >= 0.3 is 5.97 Å². The molecule has 2 rings (SSSR count). The number of ether oxygens (including phenoxy) is 2. The average molecular weight is 369 g/mol. The predicted octanol–water partition coefficient (Wildman–Crippen LogP) is -0.324. The Kier molecular flexibility index (Phi) is 6.58. The highest BCUT2D eigenvalue weighted by Crippen LogP contribution is 2.21. The third kappa shape index (κ3) is 3.97. The second-order valence-corrected chi connectivity index (χ2v) is 5.85. The Morgan fingerprint density at radius 2 is 1.77 bits per heavy atom. The molecule has 144 valence electrons. The molecular formula is C16H23N3O7. The number of carboxylic acid groups (broad SMARTS) is 1. The monoisotopic (exact) mass is 369 g/mol. The molecule has 1 aromatic heterocycles. The van der Waals surface area contributed by atoms with Gasteiger partial charge in [0.2, 0.25) is 5.43 Å². The minimum Gasteiger partial charge on any atom is -0.502 e. The van der Waals surface area contributed by atoms with Crippen LogP contribution in [-0.4, -0.2) is 78.9 Å². The summed E-state index contributed by atoms with van der Waals surface area (Å²) in [5, 5.41) is 21.1. The van der Waals surface area contributed by atoms with Gasteiger partial charge in [-0.1, -0.05) is 0 Å². The Hall–Kier alpha value is -2.59. The maximum absolute atomic E-state index is 12.7. The fourth-order valence-corrected chi connectivity index (χ4v) is 2.78. The lowest BCUT2D eigenvalue weighted by Gasteiger charge is -2.39. The van der Waals surface area contributed by atoms with Gasteiger partial charge in [0.25, 0.3) is 5.91 Å². The van der Waals surface area contributed by atoms with Crippen molar-refractivity contribution >= 4 is 11.9 Å². The molecule has 0 radical (unpaired) electrons. The van der Waals surface area contributed by atoms with E-state index in [2.05, 4.69) is 0 Å². The average Bonchev–Trinajstić information content (AvgIpc) is 2.60. The molecule has 10 heteroatoms. The van der Waals surface area contributed by atoms with E-state index >= 15 is 0 Å². The molecule has 0 aromatic carbocycles. The van der Waals surface area contributed by atoms with E-state index in [0.29, 0.717) is 39.1 Å². The van der Waals surface area contributed by atoms with Crippen LogP contribution in [0.4, 0.5) is 0 Å². The van der Waals surface area contributed by atoms with E-state index in [1.54, 1.807) is 19.2 Å². The van der Waals surface area contributed by atoms with Crippen molar-refractivity contribution in [2.75, 3.05) is 52.2 Å². The van der Waals surface area contributed by atoms with Crippen LogP contribution in [0.15, 0.2) is 11.0 Å². The molecule has 0 saturated carbocycles. The number of pyridine rings is 1. The summed E-state index contributed by atoms with van der Waals surface area (Å²) >= 11 is 0. The number of aromatic hydroxyl groups is 1. The maximum atomic E-state index is 12.7. The van der Waals surface area contributed by atoms with Crippen LogP contribution in [0.1, 0.15) is 33.7 Å². The number of fused-ring (bicyclic) bond motifs is 1. The van der Waals surface area contributed by atoms with Crippen molar-refractivity contribution in [3.05, 3.63) is 27.7 Å². The minimum atomic E-state index is -1.47. The number of rotatable bonds is 9. The van der Waals surface area contributed by atoms with Gasteiger partial charge in [0.1, 0.15) is 12.2 Å². The molecule has 1 aromatic rings. The summed E-state index contributed by atoms with van der Waals surface area (Å²) in [6.07, 6.45) is 2.29. The van der Waals surface area contributed by atoms with Crippen LogP contribution in [0.3, 0.4) is 0 Å². The molecule has 0 spiro atoms. The van der Waals surface area contributed by atoms with E-state index in [9.17, 15) is 24.6 Å². The van der Waals surface area contributed by atoms with Gasteiger partial charge in [-0.05, 0) is 12.8 Å². The van der Waals surface area contributed by atoms with Crippen molar-refractivity contribution in [2.24, 2.45) is 0 Å². The molecule has 1 aliphatic heterocycles. The van der Waals surface area contributed by atoms with Crippen molar-refractivity contribution in [3.63, 3.8) is 0 Å². The van der Waals surface area contributed by atoms with E-state index in [1.165, 1.54) is 9.58 Å². The second-order valence-electron chi connectivity index (χ2n) is 5.85. The highest BCUT2D eigenvalue weighted by atomic mass is 16.5. The Bertz CT molecular complexity index is 731. The fourth-order valence-electron chi connectivity index (χ4n) is 2.78. The van der Waals surface area contributed by atoms with Crippen molar-refractivity contribution < 1.29 is 29.3 Å². The van der Waals surface area contributed by atoms with Crippen molar-refractivity contribution in [2.45, 2.75) is 12.8 Å². The first kappa shape index (κ1) is 19.7. The van der Waals surface area contributed by atoms with Crippen LogP contribution in [0, 0.1) is 0 Å². The van der Waals surface area contributed by atoms with Crippen LogP contribution in [0.5, 0.6) is 5.75 Å². The van der Waals surface area contributed by atoms with Crippen LogP contribution < -0.4 is 10.4 Å². The van der Waals surface area contributed by atoms with E-state index in [1.807, 2.05) is 0 Å². The summed E-state index contributed by atoms with van der Waals surface area (Å²) < 4.78 is 11.3. The summed E-state index contributed by atoms with van der Waals surface area (Å²) in [7, 11) is 3.12. The molecular weight excluding hydrogens is 346 g/mol. The molecule has 0 saturated heterocycles. The summed E-state index contributed by atoms with van der Waals surface area (Å²) in [5.41, 5.74) is -1.91. The lowest BCUT2D eigenvalue weighted by atomic mass is 10.2. The number of methoxy groups -OCH3 is 2. The first-order valence-electron chi connectivity index (χ1n) is 8.16. The molecule has 0 fully saturated rings. The molecule has 1 aliphatic rings. The molecule has 0 aliphatic carbocycles. The van der Waals surface area contributed by atoms with Crippen LogP contribution >= 0.6 is 0 Å². The van der Waals surface area contributed by atoms with Gasteiger partial charge in [-0.15, -0.1) is 0 Å². The lowest BCUT2D eigenvalue weighted by molar-refractivity contribution is 0.0649. The highest BCUT2D eigenvalue weighted by molar-refractivity contribution is 5.97. The number of carboxylic acids is 1. The number of aromatic carboxylic acids is 1. The zero-order valence-electron chi connectivity index (χ0n) is 14.8. The molecule has 10 nitrogen and oxygen atoms in total. The Labute approximate surface area is 150 Å². The van der Waals surface area contributed by atoms with Gasteiger partial charge < -0.3 is 24.6 Å². The quantitative estimate of drug-likeness (QED) is 0.568. The van der Waals surface area contributed by atoms with Gasteiger partial charge in [0, 0.05) is 46.7 Å². The van der Waals surface area contributed by atoms with E-state index < -0.39 is 28.6 Å². The van der Waals surface area contributed by atoms with Gasteiger partial charge in [0.15, 0.2) is 11.4 Å². The first-order chi connectivity index (χ1) is 12.4. The predicted molar refractivity (Wildman–Crippen MR) is 91.3 cm³/mol. The standard InChI is InChI=1S/C16H23N3O7/c1-25-7-3-5-17-10-18(6-4-8-26-2)19-9-11(16(23)24)13(20)14(21)12(19)15(17)22/h9,21H,3-8,10H2,1-2H3,(H,23,24). The second kappa shape index (κ2) is 8.68. The third-order valence-electron chi connectivity index (χ3n) is 4.06. The van der Waals surface area contributed by atoms with Gasteiger partial charge in [-0.25, -0.2) is 4.79 Å². The fraction of sp³-hybridized carbons (Fsp3) is 0.562. The van der Waals surface area contributed by atoms with E-state index in [4.69, 9.17) is 9.47 Å². The van der Waals surface area contributed by atoms with Crippen LogP contribution in [-0.2, 0) is 9.47 Å². The number of amides is 1. The van der Waals surface area contributed by atoms with Crippen molar-refractivity contribution in [3.8, 4) is 5.75 Å². The molecule has 0 atom stereocenters. The highest BCUT2D eigenvalue weighted by Gasteiger charge is 2.33. The maximum Gasteiger partial charge on any atom is 0.341 e. The molecule has 2 N–H and O–H groups in total. The summed E-state index contributed by atoms with van der Waals surface area (Å²) in [6.45, 7) is 1.95. The van der Waals surface area contributed by atoms with Crippen LogP contribution in [0.25, 0.3) is 0 Å². The van der Waals surface area contributed by atoms with Gasteiger partial charge in [0.05, 0.1) is 0 Å². The van der Waals surface area contributed by atoms with Crippen LogP contribution in [0.2, 0.25) is 0 Å². The first-order valence-corrected chi connectivity index (χ1v) is 8.16. The lowest BCUT2D eigenvalue weighted by Crippen LogP contribution is -2.55. The minimum absolute atomic E-state index is 0.195. The SMILES string of the molecule is COCCCN1CN(CCCOC)n2cc(C(=O)O)c(=O)c(O)c2C1=O. The summed E-state index contributed by atoms with van der Waals surface area (Å²) in [6, 6.07) is 0. The molecule has 26 heavy (non-hydrogen) atoms. The zero-order valence-corrected chi connectivity index (χ0v) is 14.8. The normalized spacial score (nSPS) is 13.8. The largest absolute Gasteiger partial charge is 0.502 e. The smallest absolute Gasteiger partial charge is 0.341 e. The van der Waals surface area contributed by atoms with E-state index in [0.717, 1.165) is 6.20 Å². The van der Waals surface area contributed by atoms with Crippen molar-refractivity contribution in [1.82, 2.24) is 9.58 Å². The number of aromatic nitrogens is 1. The third-order valence-corrected chi connectivity index (χ3v) is 4.06. The summed E-state index contributed by atoms with van der Waals surface area (Å²) in [5.74, 6) is -2.86. The number of hydrogen-bond donors (Lipinski definition) is 2. The molecule has 2 heterocycles. The number of carbonyl (C=O) groups excluding carboxylic acids is 1. The van der Waals surface area contributed by atoms with Gasteiger partial charge in [-0.3, -0.25) is 19.3 Å². The zero-order chi connectivity index (χ0) is 19.3. The van der Waals surface area contributed by atoms with Gasteiger partial charge in [-0.2, -0.15) is 0 Å². The van der Waals surface area contributed by atoms with E-state index in [-0.39, 0.29) is 12.4 Å². The Balaban J connectivity index is 2.44. The van der Waals surface area contributed by atoms with Crippen molar-refractivity contribution in [1.29, 1.82) is 0 Å². The summed E-state index contributed by atoms with van der Waals surface area (Å²) in [4.78, 5) is 37.6. The Morgan fingerprint density at radius 3 is 2.35 bits per heavy atom. The Morgan fingerprint density at radius 1 is 1.15 bits per heavy atom. The number of carbonyl (C=O) groups is 2. The number of nitrogens with zero attached hydrogens (tertiary/aromatic N) is 3. The molecule has 0 unspecified atom stereocenters. The topological polar surface area (TPSA) is 122 Å².